The molecule has 1 aromatic rings. The molecular formula is C12H14O5. The molecule has 0 aliphatic carbocycles. The number of hydrogen-bond donors (Lipinski definition) is 1. The standard InChI is InChI=1S/C12H14O5/c1-7(12(14)15)9-4-8(6-13)5-10(16-2)11(9)17-3/h4-7H,1-3H3,(H,14,15). The summed E-state index contributed by atoms with van der Waals surface area (Å²) in [6.45, 7) is 1.52. The van der Waals surface area contributed by atoms with E-state index in [9.17, 15) is 9.59 Å². The lowest BCUT2D eigenvalue weighted by molar-refractivity contribution is -0.138. The molecule has 5 nitrogen and oxygen atoms in total. The highest BCUT2D eigenvalue weighted by atomic mass is 16.5. The van der Waals surface area contributed by atoms with Gasteiger partial charge in [0.1, 0.15) is 6.29 Å². The zero-order chi connectivity index (χ0) is 13.0. The number of carboxylic acid groups (broad SMARTS) is 1. The maximum Gasteiger partial charge on any atom is 0.310 e. The van der Waals surface area contributed by atoms with Crippen molar-refractivity contribution in [1.82, 2.24) is 0 Å². The summed E-state index contributed by atoms with van der Waals surface area (Å²) in [6.07, 6.45) is 0.639. The number of carboxylic acids is 1. The van der Waals surface area contributed by atoms with Crippen molar-refractivity contribution in [3.05, 3.63) is 23.3 Å². The average Bonchev–Trinajstić information content (AvgIpc) is 2.35. The third-order valence-electron chi connectivity index (χ3n) is 2.50. The maximum absolute atomic E-state index is 11.0. The van der Waals surface area contributed by atoms with Crippen LogP contribution in [0.4, 0.5) is 0 Å². The first kappa shape index (κ1) is 13.0. The van der Waals surface area contributed by atoms with Crippen LogP contribution in [0.1, 0.15) is 28.8 Å². The molecule has 0 saturated heterocycles. The Kier molecular flexibility index (Phi) is 4.09. The Hall–Kier alpha value is -2.04. The highest BCUT2D eigenvalue weighted by molar-refractivity contribution is 5.82. The van der Waals surface area contributed by atoms with Gasteiger partial charge in [-0.25, -0.2) is 0 Å². The topological polar surface area (TPSA) is 72.8 Å². The minimum atomic E-state index is -0.992. The lowest BCUT2D eigenvalue weighted by Crippen LogP contribution is -2.10. The SMILES string of the molecule is COc1cc(C=O)cc(C(C)C(=O)O)c1OC. The Bertz CT molecular complexity index is 439. The molecule has 1 rings (SSSR count). The fourth-order valence-corrected chi connectivity index (χ4v) is 1.54. The van der Waals surface area contributed by atoms with Gasteiger partial charge in [0.05, 0.1) is 20.1 Å². The van der Waals surface area contributed by atoms with Crippen molar-refractivity contribution in [2.45, 2.75) is 12.8 Å². The summed E-state index contributed by atoms with van der Waals surface area (Å²) in [6, 6.07) is 3.00. The van der Waals surface area contributed by atoms with E-state index in [2.05, 4.69) is 0 Å². The van der Waals surface area contributed by atoms with E-state index in [0.717, 1.165) is 0 Å². The van der Waals surface area contributed by atoms with E-state index in [-0.39, 0.29) is 0 Å². The molecule has 0 aliphatic rings. The second kappa shape index (κ2) is 5.34. The molecule has 0 heterocycles. The first-order valence-corrected chi connectivity index (χ1v) is 4.99. The Morgan fingerprint density at radius 3 is 2.41 bits per heavy atom. The number of rotatable bonds is 5. The van der Waals surface area contributed by atoms with Crippen LogP contribution in [0.25, 0.3) is 0 Å². The molecule has 1 unspecified atom stereocenters. The summed E-state index contributed by atoms with van der Waals surface area (Å²) in [5.74, 6) is -1.08. The molecule has 1 atom stereocenters. The fourth-order valence-electron chi connectivity index (χ4n) is 1.54. The van der Waals surface area contributed by atoms with E-state index < -0.39 is 11.9 Å². The molecular weight excluding hydrogens is 224 g/mol. The van der Waals surface area contributed by atoms with Crippen LogP contribution in [0.2, 0.25) is 0 Å². The van der Waals surface area contributed by atoms with Crippen molar-refractivity contribution < 1.29 is 24.2 Å². The Labute approximate surface area is 99.0 Å². The molecule has 92 valence electrons. The fraction of sp³-hybridized carbons (Fsp3) is 0.333. The van der Waals surface area contributed by atoms with E-state index in [1.165, 1.54) is 33.3 Å². The van der Waals surface area contributed by atoms with Crippen molar-refractivity contribution in [3.63, 3.8) is 0 Å². The Morgan fingerprint density at radius 1 is 1.35 bits per heavy atom. The van der Waals surface area contributed by atoms with E-state index in [4.69, 9.17) is 14.6 Å². The first-order chi connectivity index (χ1) is 8.04. The van der Waals surface area contributed by atoms with Crippen LogP contribution < -0.4 is 9.47 Å². The monoisotopic (exact) mass is 238 g/mol. The molecule has 5 heteroatoms. The van der Waals surface area contributed by atoms with Crippen molar-refractivity contribution in [3.8, 4) is 11.5 Å². The van der Waals surface area contributed by atoms with Crippen molar-refractivity contribution in [2.24, 2.45) is 0 Å². The molecule has 0 radical (unpaired) electrons. The van der Waals surface area contributed by atoms with Crippen molar-refractivity contribution in [1.29, 1.82) is 0 Å². The molecule has 0 spiro atoms. The molecule has 17 heavy (non-hydrogen) atoms. The van der Waals surface area contributed by atoms with Crippen LogP contribution in [0.15, 0.2) is 12.1 Å². The predicted molar refractivity (Wildman–Crippen MR) is 61.0 cm³/mol. The number of aldehydes is 1. The Morgan fingerprint density at radius 2 is 2.00 bits per heavy atom. The molecule has 0 saturated carbocycles. The molecule has 0 amide bonds. The van der Waals surface area contributed by atoms with Crippen LogP contribution in [0, 0.1) is 0 Å². The van der Waals surface area contributed by atoms with E-state index >= 15 is 0 Å². The van der Waals surface area contributed by atoms with Gasteiger partial charge in [-0.05, 0) is 19.1 Å². The van der Waals surface area contributed by atoms with E-state index in [1.807, 2.05) is 0 Å². The van der Waals surface area contributed by atoms with Gasteiger partial charge in [0.2, 0.25) is 0 Å². The lowest BCUT2D eigenvalue weighted by atomic mass is 9.97. The van der Waals surface area contributed by atoms with Gasteiger partial charge in [0, 0.05) is 11.1 Å². The second-order valence-electron chi connectivity index (χ2n) is 3.52. The normalized spacial score (nSPS) is 11.7. The van der Waals surface area contributed by atoms with Gasteiger partial charge < -0.3 is 14.6 Å². The number of carbonyl (C=O) groups excluding carboxylic acids is 1. The van der Waals surface area contributed by atoms with Crippen molar-refractivity contribution in [2.75, 3.05) is 14.2 Å². The van der Waals surface area contributed by atoms with Gasteiger partial charge in [0.15, 0.2) is 11.5 Å². The zero-order valence-corrected chi connectivity index (χ0v) is 9.89. The minimum absolute atomic E-state index is 0.341. The molecule has 0 fully saturated rings. The maximum atomic E-state index is 11.0. The second-order valence-corrected chi connectivity index (χ2v) is 3.52. The molecule has 0 bridgehead atoms. The lowest BCUT2D eigenvalue weighted by Gasteiger charge is -2.16. The average molecular weight is 238 g/mol. The number of methoxy groups -OCH3 is 2. The summed E-state index contributed by atoms with van der Waals surface area (Å²) in [5, 5.41) is 9.00. The number of carbonyl (C=O) groups is 2. The van der Waals surface area contributed by atoms with Gasteiger partial charge in [-0.15, -0.1) is 0 Å². The molecule has 0 aromatic heterocycles. The minimum Gasteiger partial charge on any atom is -0.493 e. The largest absolute Gasteiger partial charge is 0.493 e. The van der Waals surface area contributed by atoms with Gasteiger partial charge in [-0.1, -0.05) is 0 Å². The Balaban J connectivity index is 3.43. The smallest absolute Gasteiger partial charge is 0.310 e. The van der Waals surface area contributed by atoms with Gasteiger partial charge in [-0.2, -0.15) is 0 Å². The highest BCUT2D eigenvalue weighted by Gasteiger charge is 2.22. The quantitative estimate of drug-likeness (QED) is 0.790. The summed E-state index contributed by atoms with van der Waals surface area (Å²) < 4.78 is 10.2. The third-order valence-corrected chi connectivity index (χ3v) is 2.50. The van der Waals surface area contributed by atoms with Crippen LogP contribution >= 0.6 is 0 Å². The number of benzene rings is 1. The van der Waals surface area contributed by atoms with Crippen LogP contribution in [0.3, 0.4) is 0 Å². The van der Waals surface area contributed by atoms with Crippen molar-refractivity contribution >= 4 is 12.3 Å². The first-order valence-electron chi connectivity index (χ1n) is 4.99. The number of ether oxygens (including phenoxy) is 2. The van der Waals surface area contributed by atoms with Crippen LogP contribution in [-0.4, -0.2) is 31.6 Å². The number of aliphatic carboxylic acids is 1. The summed E-state index contributed by atoms with van der Waals surface area (Å²) in [4.78, 5) is 21.8. The highest BCUT2D eigenvalue weighted by Crippen LogP contribution is 2.36. The van der Waals surface area contributed by atoms with Gasteiger partial charge in [-0.3, -0.25) is 9.59 Å². The summed E-state index contributed by atoms with van der Waals surface area (Å²) in [7, 11) is 2.86. The molecule has 1 N–H and O–H groups in total. The van der Waals surface area contributed by atoms with E-state index in [1.54, 1.807) is 0 Å². The third kappa shape index (κ3) is 2.55. The number of hydrogen-bond acceptors (Lipinski definition) is 4. The van der Waals surface area contributed by atoms with Crippen LogP contribution in [0.5, 0.6) is 11.5 Å². The van der Waals surface area contributed by atoms with Gasteiger partial charge in [0.25, 0.3) is 0 Å². The van der Waals surface area contributed by atoms with E-state index in [0.29, 0.717) is 28.9 Å². The summed E-state index contributed by atoms with van der Waals surface area (Å²) in [5.41, 5.74) is 0.771. The summed E-state index contributed by atoms with van der Waals surface area (Å²) >= 11 is 0. The predicted octanol–water partition coefficient (Wildman–Crippen LogP) is 1.70. The molecule has 1 aromatic carbocycles. The zero-order valence-electron chi connectivity index (χ0n) is 9.89. The van der Waals surface area contributed by atoms with Crippen LogP contribution in [-0.2, 0) is 4.79 Å². The van der Waals surface area contributed by atoms with Gasteiger partial charge >= 0.3 is 5.97 Å². The molecule has 0 aliphatic heterocycles.